The van der Waals surface area contributed by atoms with Gasteiger partial charge in [-0.15, -0.1) is 0 Å². The van der Waals surface area contributed by atoms with Crippen molar-refractivity contribution in [1.82, 2.24) is 14.5 Å². The average molecular weight is 488 g/mol. The van der Waals surface area contributed by atoms with Crippen molar-refractivity contribution in [2.45, 2.75) is 63.9 Å². The molecule has 0 saturated heterocycles. The van der Waals surface area contributed by atoms with E-state index in [0.29, 0.717) is 19.5 Å². The molecule has 0 unspecified atom stereocenters. The third-order valence-corrected chi connectivity index (χ3v) is 7.62. The molecule has 2 amide bonds. The molecule has 2 aromatic rings. The number of amides is 2. The van der Waals surface area contributed by atoms with Crippen LogP contribution in [0.5, 0.6) is 0 Å². The highest BCUT2D eigenvalue weighted by molar-refractivity contribution is 7.89. The fourth-order valence-electron chi connectivity index (χ4n) is 3.62. The van der Waals surface area contributed by atoms with E-state index in [1.165, 1.54) is 11.4 Å². The Morgan fingerprint density at radius 3 is 2.38 bits per heavy atom. The largest absolute Gasteiger partial charge is 0.354 e. The van der Waals surface area contributed by atoms with Crippen LogP contribution in [0.3, 0.4) is 0 Å². The molecule has 0 bridgehead atoms. The Bertz CT molecular complexity index is 1040. The second kappa shape index (κ2) is 13.2. The van der Waals surface area contributed by atoms with Gasteiger partial charge in [0.25, 0.3) is 0 Å². The topological polar surface area (TPSA) is 86.8 Å². The maximum absolute atomic E-state index is 13.2. The molecule has 2 aromatic carbocycles. The Hall–Kier alpha value is -2.71. The number of nitrogens with one attached hydrogen (secondary N) is 1. The minimum Gasteiger partial charge on any atom is -0.354 e. The lowest BCUT2D eigenvalue weighted by Gasteiger charge is -2.29. The molecule has 0 saturated carbocycles. The van der Waals surface area contributed by atoms with Crippen LogP contribution in [-0.4, -0.2) is 55.6 Å². The quantitative estimate of drug-likeness (QED) is 0.436. The molecule has 1 atom stereocenters. The Labute approximate surface area is 204 Å². The van der Waals surface area contributed by atoms with Gasteiger partial charge in [-0.25, -0.2) is 12.7 Å². The summed E-state index contributed by atoms with van der Waals surface area (Å²) in [6.45, 7) is 6.88. The second-order valence-corrected chi connectivity index (χ2v) is 10.6. The highest BCUT2D eigenvalue weighted by atomic mass is 32.2. The van der Waals surface area contributed by atoms with Crippen molar-refractivity contribution in [1.29, 1.82) is 0 Å². The first-order valence-corrected chi connectivity index (χ1v) is 13.2. The fourth-order valence-corrected chi connectivity index (χ4v) is 4.85. The van der Waals surface area contributed by atoms with Gasteiger partial charge in [0, 0.05) is 33.1 Å². The summed E-state index contributed by atoms with van der Waals surface area (Å²) >= 11 is 0. The lowest BCUT2D eigenvalue weighted by atomic mass is 10.1. The zero-order valence-corrected chi connectivity index (χ0v) is 21.5. The molecule has 34 heavy (non-hydrogen) atoms. The van der Waals surface area contributed by atoms with Gasteiger partial charge in [0.2, 0.25) is 21.8 Å². The van der Waals surface area contributed by atoms with E-state index in [9.17, 15) is 18.0 Å². The summed E-state index contributed by atoms with van der Waals surface area (Å²) in [6.07, 6.45) is 2.36. The summed E-state index contributed by atoms with van der Waals surface area (Å²) in [4.78, 5) is 27.7. The van der Waals surface area contributed by atoms with Crippen LogP contribution in [0, 0.1) is 6.92 Å². The first kappa shape index (κ1) is 27.5. The molecule has 2 rings (SSSR count). The summed E-state index contributed by atoms with van der Waals surface area (Å²) in [5.41, 5.74) is 2.03. The Balaban J connectivity index is 2.06. The molecule has 0 aliphatic carbocycles. The summed E-state index contributed by atoms with van der Waals surface area (Å²) in [6, 6.07) is 15.5. The Morgan fingerprint density at radius 2 is 1.74 bits per heavy atom. The fraction of sp³-hybridized carbons (Fsp3) is 0.462. The van der Waals surface area contributed by atoms with E-state index >= 15 is 0 Å². The number of unbranched alkanes of at least 4 members (excludes halogenated alkanes) is 1. The van der Waals surface area contributed by atoms with Crippen LogP contribution >= 0.6 is 0 Å². The summed E-state index contributed by atoms with van der Waals surface area (Å²) in [5.74, 6) is -0.358. The molecule has 0 spiro atoms. The number of carbonyl (C=O) groups excluding carboxylic acids is 2. The zero-order chi connectivity index (χ0) is 25.1. The van der Waals surface area contributed by atoms with Crippen molar-refractivity contribution in [2.24, 2.45) is 0 Å². The standard InChI is InChI=1S/C26H37N3O4S/c1-5-6-17-27-26(31)22(3)29(20-23-13-10-12-21(2)19-23)25(30)16-11-18-28(4)34(32,33)24-14-8-7-9-15-24/h7-10,12-15,19,22H,5-6,11,16-18,20H2,1-4H3,(H,27,31)/t22-/m0/s1. The van der Waals surface area contributed by atoms with Crippen LogP contribution in [0.4, 0.5) is 0 Å². The smallest absolute Gasteiger partial charge is 0.242 e. The predicted octanol–water partition coefficient (Wildman–Crippen LogP) is 3.73. The van der Waals surface area contributed by atoms with Gasteiger partial charge in [-0.1, -0.05) is 61.4 Å². The Kier molecular flexibility index (Phi) is 10.7. The first-order valence-electron chi connectivity index (χ1n) is 11.8. The van der Waals surface area contributed by atoms with Gasteiger partial charge < -0.3 is 10.2 Å². The number of aryl methyl sites for hydroxylation is 1. The summed E-state index contributed by atoms with van der Waals surface area (Å²) in [5, 5.41) is 2.91. The number of benzene rings is 2. The van der Waals surface area contributed by atoms with Crippen LogP contribution in [0.2, 0.25) is 0 Å². The average Bonchev–Trinajstić information content (AvgIpc) is 2.82. The molecule has 0 radical (unpaired) electrons. The monoisotopic (exact) mass is 487 g/mol. The van der Waals surface area contributed by atoms with Crippen molar-refractivity contribution in [3.8, 4) is 0 Å². The van der Waals surface area contributed by atoms with Gasteiger partial charge in [0.15, 0.2) is 0 Å². The van der Waals surface area contributed by atoms with E-state index < -0.39 is 16.1 Å². The molecule has 0 aliphatic heterocycles. The van der Waals surface area contributed by atoms with Crippen LogP contribution < -0.4 is 5.32 Å². The van der Waals surface area contributed by atoms with Gasteiger partial charge in [-0.05, 0) is 44.4 Å². The van der Waals surface area contributed by atoms with Crippen LogP contribution in [0.15, 0.2) is 59.5 Å². The first-order chi connectivity index (χ1) is 16.2. The van der Waals surface area contributed by atoms with Crippen LogP contribution in [0.1, 0.15) is 50.7 Å². The van der Waals surface area contributed by atoms with Gasteiger partial charge >= 0.3 is 0 Å². The van der Waals surface area contributed by atoms with E-state index in [0.717, 1.165) is 24.0 Å². The molecule has 0 heterocycles. The highest BCUT2D eigenvalue weighted by Crippen LogP contribution is 2.16. The predicted molar refractivity (Wildman–Crippen MR) is 135 cm³/mol. The lowest BCUT2D eigenvalue weighted by molar-refractivity contribution is -0.140. The van der Waals surface area contributed by atoms with Crippen LogP contribution in [0.25, 0.3) is 0 Å². The normalized spacial score (nSPS) is 12.4. The molecule has 0 aliphatic rings. The number of sulfonamides is 1. The molecular formula is C26H37N3O4S. The van der Waals surface area contributed by atoms with Crippen molar-refractivity contribution in [3.05, 3.63) is 65.7 Å². The van der Waals surface area contributed by atoms with Crippen molar-refractivity contribution < 1.29 is 18.0 Å². The maximum Gasteiger partial charge on any atom is 0.242 e. The third-order valence-electron chi connectivity index (χ3n) is 5.75. The SMILES string of the molecule is CCCCNC(=O)[C@H](C)N(Cc1cccc(C)c1)C(=O)CCCN(C)S(=O)(=O)c1ccccc1. The van der Waals surface area contributed by atoms with Crippen LogP contribution in [-0.2, 0) is 26.2 Å². The third kappa shape index (κ3) is 7.95. The van der Waals surface area contributed by atoms with Crippen molar-refractivity contribution in [3.63, 3.8) is 0 Å². The highest BCUT2D eigenvalue weighted by Gasteiger charge is 2.26. The van der Waals surface area contributed by atoms with E-state index in [2.05, 4.69) is 12.2 Å². The van der Waals surface area contributed by atoms with Gasteiger partial charge in [0.05, 0.1) is 4.90 Å². The summed E-state index contributed by atoms with van der Waals surface area (Å²) < 4.78 is 26.7. The van der Waals surface area contributed by atoms with Crippen molar-refractivity contribution >= 4 is 21.8 Å². The molecule has 0 aromatic heterocycles. The van der Waals surface area contributed by atoms with Gasteiger partial charge in [0.1, 0.15) is 6.04 Å². The number of hydrogen-bond acceptors (Lipinski definition) is 4. The van der Waals surface area contributed by atoms with E-state index in [4.69, 9.17) is 0 Å². The molecule has 186 valence electrons. The van der Waals surface area contributed by atoms with E-state index in [1.54, 1.807) is 42.2 Å². The molecule has 7 nitrogen and oxygen atoms in total. The molecule has 0 fully saturated rings. The van der Waals surface area contributed by atoms with Gasteiger partial charge in [-0.3, -0.25) is 9.59 Å². The van der Waals surface area contributed by atoms with E-state index in [-0.39, 0.29) is 29.7 Å². The summed E-state index contributed by atoms with van der Waals surface area (Å²) in [7, 11) is -2.09. The molecular weight excluding hydrogens is 450 g/mol. The number of hydrogen-bond donors (Lipinski definition) is 1. The number of rotatable bonds is 13. The maximum atomic E-state index is 13.2. The molecule has 8 heteroatoms. The minimum absolute atomic E-state index is 0.146. The van der Waals surface area contributed by atoms with Crippen molar-refractivity contribution in [2.75, 3.05) is 20.1 Å². The minimum atomic E-state index is -3.61. The zero-order valence-electron chi connectivity index (χ0n) is 20.7. The lowest BCUT2D eigenvalue weighted by Crippen LogP contribution is -2.47. The van der Waals surface area contributed by atoms with E-state index in [1.807, 2.05) is 31.2 Å². The number of nitrogens with zero attached hydrogens (tertiary/aromatic N) is 2. The van der Waals surface area contributed by atoms with Gasteiger partial charge in [-0.2, -0.15) is 0 Å². The second-order valence-electron chi connectivity index (χ2n) is 8.57. The number of carbonyl (C=O) groups is 2. The molecule has 1 N–H and O–H groups in total. The Morgan fingerprint density at radius 1 is 1.03 bits per heavy atom.